The van der Waals surface area contributed by atoms with Gasteiger partial charge in [-0.05, 0) is 41.0 Å². The standard InChI is InChI=1S/C26H23F4N3O4/c1-36-25(35)22-16-37-23(31-22)15-32-9-11-33(12-10-32)24(34)14-21(18-3-2-4-20(27)13-18)17-5-7-19(8-6-17)26(28,29)30/h2-8,13-14,16H,9-12,15H2,1H3/b21-14-. The Labute approximate surface area is 209 Å². The van der Waals surface area contributed by atoms with E-state index in [0.29, 0.717) is 55.3 Å². The van der Waals surface area contributed by atoms with Gasteiger partial charge in [-0.25, -0.2) is 14.2 Å². The predicted molar refractivity (Wildman–Crippen MR) is 125 cm³/mol. The van der Waals surface area contributed by atoms with Gasteiger partial charge in [-0.2, -0.15) is 13.2 Å². The van der Waals surface area contributed by atoms with Crippen molar-refractivity contribution in [1.29, 1.82) is 0 Å². The first kappa shape index (κ1) is 26.1. The average Bonchev–Trinajstić information content (AvgIpc) is 3.35. The van der Waals surface area contributed by atoms with Crippen LogP contribution in [0.3, 0.4) is 0 Å². The number of amides is 1. The van der Waals surface area contributed by atoms with Gasteiger partial charge in [0.2, 0.25) is 11.8 Å². The van der Waals surface area contributed by atoms with Crippen molar-refractivity contribution in [2.24, 2.45) is 0 Å². The third kappa shape index (κ3) is 6.42. The van der Waals surface area contributed by atoms with Gasteiger partial charge >= 0.3 is 12.1 Å². The molecule has 3 aromatic rings. The molecule has 37 heavy (non-hydrogen) atoms. The van der Waals surface area contributed by atoms with Crippen LogP contribution in [0.1, 0.15) is 33.1 Å². The number of benzene rings is 2. The number of ether oxygens (including phenoxy) is 1. The molecule has 1 amide bonds. The van der Waals surface area contributed by atoms with Gasteiger partial charge in [0.1, 0.15) is 12.1 Å². The predicted octanol–water partition coefficient (Wildman–Crippen LogP) is 4.40. The van der Waals surface area contributed by atoms with E-state index < -0.39 is 23.5 Å². The number of hydrogen-bond acceptors (Lipinski definition) is 6. The van der Waals surface area contributed by atoms with Gasteiger partial charge in [0, 0.05) is 32.3 Å². The van der Waals surface area contributed by atoms with E-state index in [1.807, 2.05) is 4.90 Å². The number of halogens is 4. The summed E-state index contributed by atoms with van der Waals surface area (Å²) in [5.74, 6) is -1.13. The second-order valence-corrected chi connectivity index (χ2v) is 8.36. The van der Waals surface area contributed by atoms with Crippen molar-refractivity contribution in [2.75, 3.05) is 33.3 Å². The highest BCUT2D eigenvalue weighted by molar-refractivity contribution is 5.99. The Morgan fingerprint density at radius 1 is 1.05 bits per heavy atom. The normalized spacial score (nSPS) is 15.1. The minimum atomic E-state index is -4.50. The fourth-order valence-corrected chi connectivity index (χ4v) is 3.94. The minimum Gasteiger partial charge on any atom is -0.464 e. The molecule has 0 saturated carbocycles. The number of carbonyl (C=O) groups is 2. The molecule has 0 radical (unpaired) electrons. The van der Waals surface area contributed by atoms with Crippen LogP contribution in [0.2, 0.25) is 0 Å². The largest absolute Gasteiger partial charge is 0.464 e. The van der Waals surface area contributed by atoms with Gasteiger partial charge in [-0.1, -0.05) is 24.3 Å². The van der Waals surface area contributed by atoms with E-state index in [1.54, 1.807) is 11.0 Å². The maximum absolute atomic E-state index is 13.9. The number of alkyl halides is 3. The van der Waals surface area contributed by atoms with Crippen LogP contribution in [0.5, 0.6) is 0 Å². The van der Waals surface area contributed by atoms with E-state index in [9.17, 15) is 27.2 Å². The van der Waals surface area contributed by atoms with Crippen LogP contribution in [0, 0.1) is 5.82 Å². The van der Waals surface area contributed by atoms with Crippen molar-refractivity contribution in [3.05, 3.63) is 95.0 Å². The zero-order valence-corrected chi connectivity index (χ0v) is 19.8. The molecule has 1 aliphatic heterocycles. The summed E-state index contributed by atoms with van der Waals surface area (Å²) < 4.78 is 62.9. The smallest absolute Gasteiger partial charge is 0.416 e. The fraction of sp³-hybridized carbons (Fsp3) is 0.269. The van der Waals surface area contributed by atoms with Gasteiger partial charge in [0.05, 0.1) is 19.2 Å². The summed E-state index contributed by atoms with van der Waals surface area (Å²) in [5, 5.41) is 0. The Balaban J connectivity index is 1.48. The summed E-state index contributed by atoms with van der Waals surface area (Å²) in [4.78, 5) is 32.3. The molecule has 11 heteroatoms. The Bertz CT molecular complexity index is 1290. The van der Waals surface area contributed by atoms with Gasteiger partial charge in [-0.3, -0.25) is 9.69 Å². The first-order valence-electron chi connectivity index (χ1n) is 11.3. The van der Waals surface area contributed by atoms with E-state index in [1.165, 1.54) is 49.8 Å². The SMILES string of the molecule is COC(=O)c1coc(CN2CCN(C(=O)/C=C(/c3ccc(C(F)(F)F)cc3)c3cccc(F)c3)CC2)n1. The lowest BCUT2D eigenvalue weighted by molar-refractivity contribution is -0.137. The molecule has 1 aliphatic rings. The molecule has 0 N–H and O–H groups in total. The van der Waals surface area contributed by atoms with E-state index >= 15 is 0 Å². The van der Waals surface area contributed by atoms with Crippen LogP contribution in [0.15, 0.2) is 65.3 Å². The molecule has 7 nitrogen and oxygen atoms in total. The summed E-state index contributed by atoms with van der Waals surface area (Å²) in [6.07, 6.45) is -1.95. The highest BCUT2D eigenvalue weighted by Crippen LogP contribution is 2.31. The third-order valence-electron chi connectivity index (χ3n) is 5.92. The molecule has 0 spiro atoms. The van der Waals surface area contributed by atoms with Crippen molar-refractivity contribution in [3.8, 4) is 0 Å². The van der Waals surface area contributed by atoms with Crippen LogP contribution in [-0.2, 0) is 22.3 Å². The van der Waals surface area contributed by atoms with E-state index in [4.69, 9.17) is 4.42 Å². The Morgan fingerprint density at radius 2 is 1.76 bits per heavy atom. The Kier molecular flexibility index (Phi) is 7.72. The quantitative estimate of drug-likeness (QED) is 0.274. The summed E-state index contributed by atoms with van der Waals surface area (Å²) in [6.45, 7) is 2.11. The lowest BCUT2D eigenvalue weighted by Crippen LogP contribution is -2.47. The molecular weight excluding hydrogens is 494 g/mol. The monoisotopic (exact) mass is 517 g/mol. The summed E-state index contributed by atoms with van der Waals surface area (Å²) in [7, 11) is 1.25. The van der Waals surface area contributed by atoms with Crippen LogP contribution < -0.4 is 0 Å². The summed E-state index contributed by atoms with van der Waals surface area (Å²) in [5.41, 5.74) is 0.301. The average molecular weight is 517 g/mol. The van der Waals surface area contributed by atoms with Crippen molar-refractivity contribution in [1.82, 2.24) is 14.8 Å². The lowest BCUT2D eigenvalue weighted by Gasteiger charge is -2.33. The number of piperazine rings is 1. The van der Waals surface area contributed by atoms with E-state index in [-0.39, 0.29) is 11.6 Å². The molecule has 0 atom stereocenters. The fourth-order valence-electron chi connectivity index (χ4n) is 3.94. The van der Waals surface area contributed by atoms with E-state index in [0.717, 1.165) is 12.1 Å². The van der Waals surface area contributed by atoms with E-state index in [2.05, 4.69) is 9.72 Å². The van der Waals surface area contributed by atoms with Gasteiger partial charge in [0.15, 0.2) is 5.69 Å². The maximum atomic E-state index is 13.9. The molecule has 194 valence electrons. The molecule has 1 fully saturated rings. The topological polar surface area (TPSA) is 75.9 Å². The molecule has 0 unspecified atom stereocenters. The molecule has 2 aromatic carbocycles. The van der Waals surface area contributed by atoms with Crippen LogP contribution in [0.4, 0.5) is 17.6 Å². The van der Waals surface area contributed by atoms with Gasteiger partial charge < -0.3 is 14.1 Å². The zero-order chi connectivity index (χ0) is 26.6. The number of nitrogens with zero attached hydrogens (tertiary/aromatic N) is 3. The second-order valence-electron chi connectivity index (χ2n) is 8.36. The minimum absolute atomic E-state index is 0.0737. The van der Waals surface area contributed by atoms with Crippen LogP contribution in [0.25, 0.3) is 5.57 Å². The van der Waals surface area contributed by atoms with Crippen molar-refractivity contribution in [2.45, 2.75) is 12.7 Å². The molecule has 4 rings (SSSR count). The van der Waals surface area contributed by atoms with Crippen molar-refractivity contribution < 1.29 is 36.3 Å². The number of methoxy groups -OCH3 is 1. The third-order valence-corrected chi connectivity index (χ3v) is 5.92. The molecule has 0 bridgehead atoms. The maximum Gasteiger partial charge on any atom is 0.416 e. The molecule has 1 saturated heterocycles. The molecule has 1 aromatic heterocycles. The highest BCUT2D eigenvalue weighted by Gasteiger charge is 2.30. The summed E-state index contributed by atoms with van der Waals surface area (Å²) in [6, 6.07) is 9.94. The first-order chi connectivity index (χ1) is 17.6. The number of esters is 1. The first-order valence-corrected chi connectivity index (χ1v) is 11.3. The zero-order valence-electron chi connectivity index (χ0n) is 19.8. The molecular formula is C26H23F4N3O4. The number of aromatic nitrogens is 1. The molecule has 0 aliphatic carbocycles. The number of hydrogen-bond donors (Lipinski definition) is 0. The Morgan fingerprint density at radius 3 is 2.38 bits per heavy atom. The van der Waals surface area contributed by atoms with Crippen LogP contribution in [-0.4, -0.2) is 59.9 Å². The number of carbonyl (C=O) groups excluding carboxylic acids is 2. The van der Waals surface area contributed by atoms with Crippen molar-refractivity contribution in [3.63, 3.8) is 0 Å². The second kappa shape index (κ2) is 11.0. The van der Waals surface area contributed by atoms with Gasteiger partial charge in [0.25, 0.3) is 0 Å². The molecule has 2 heterocycles. The van der Waals surface area contributed by atoms with Gasteiger partial charge in [-0.15, -0.1) is 0 Å². The highest BCUT2D eigenvalue weighted by atomic mass is 19.4. The van der Waals surface area contributed by atoms with Crippen LogP contribution >= 0.6 is 0 Å². The summed E-state index contributed by atoms with van der Waals surface area (Å²) >= 11 is 0. The number of rotatable bonds is 6. The lowest BCUT2D eigenvalue weighted by atomic mass is 9.96. The van der Waals surface area contributed by atoms with Crippen molar-refractivity contribution >= 4 is 17.4 Å². The Hall–Kier alpha value is -3.99. The number of oxazole rings is 1.